The number of carbonyl (C=O) groups is 1. The average Bonchev–Trinajstić information content (AvgIpc) is 2.76. The van der Waals surface area contributed by atoms with Gasteiger partial charge in [-0.25, -0.2) is 0 Å². The van der Waals surface area contributed by atoms with Gasteiger partial charge in [0.05, 0.1) is 5.56 Å². The van der Waals surface area contributed by atoms with Crippen molar-refractivity contribution in [3.8, 4) is 0 Å². The second kappa shape index (κ2) is 6.05. The summed E-state index contributed by atoms with van der Waals surface area (Å²) in [5, 5.41) is 0. The van der Waals surface area contributed by atoms with Crippen LogP contribution < -0.4 is 0 Å². The maximum absolute atomic E-state index is 12.5. The van der Waals surface area contributed by atoms with Gasteiger partial charge in [0.25, 0.3) is 5.91 Å². The molecule has 0 bridgehead atoms. The Balaban J connectivity index is 1.50. The molecule has 2 aliphatic heterocycles. The third-order valence-electron chi connectivity index (χ3n) is 5.02. The van der Waals surface area contributed by atoms with E-state index in [1.807, 2.05) is 24.8 Å². The van der Waals surface area contributed by atoms with E-state index in [1.54, 1.807) is 0 Å². The molecule has 122 valence electrons. The molecule has 1 amide bonds. The number of amides is 1. The molecule has 0 aromatic carbocycles. The lowest BCUT2D eigenvalue weighted by atomic mass is 10.0. The van der Waals surface area contributed by atoms with Crippen molar-refractivity contribution < 1.29 is 9.21 Å². The zero-order chi connectivity index (χ0) is 15.9. The van der Waals surface area contributed by atoms with Crippen LogP contribution in [0.4, 0.5) is 0 Å². The summed E-state index contributed by atoms with van der Waals surface area (Å²) in [7, 11) is 0. The largest absolute Gasteiger partial charge is 0.466 e. The lowest BCUT2D eigenvalue weighted by Crippen LogP contribution is -2.64. The molecule has 0 atom stereocenters. The summed E-state index contributed by atoms with van der Waals surface area (Å²) in [4.78, 5) is 19.5. The van der Waals surface area contributed by atoms with Gasteiger partial charge in [0.15, 0.2) is 0 Å². The standard InChI is InChI=1S/C17H27N3O2/c1-12(2)18-5-7-19(8-6-18)15-10-20(11-15)17(21)16-9-13(3)22-14(16)4/h9,12,15H,5-8,10-11H2,1-4H3. The van der Waals surface area contributed by atoms with Crippen LogP contribution in [-0.4, -0.2) is 72.0 Å². The number of furan rings is 1. The summed E-state index contributed by atoms with van der Waals surface area (Å²) in [6, 6.07) is 3.02. The molecule has 0 aliphatic carbocycles. The first kappa shape index (κ1) is 15.6. The topological polar surface area (TPSA) is 39.9 Å². The molecule has 1 aromatic rings. The molecular formula is C17H27N3O2. The molecule has 2 saturated heterocycles. The Labute approximate surface area is 132 Å². The predicted octanol–water partition coefficient (Wildman–Crippen LogP) is 1.75. The first-order chi connectivity index (χ1) is 10.5. The van der Waals surface area contributed by atoms with Crippen LogP contribution in [-0.2, 0) is 0 Å². The van der Waals surface area contributed by atoms with Crippen molar-refractivity contribution in [2.75, 3.05) is 39.3 Å². The Bertz CT molecular complexity index is 538. The Morgan fingerprint density at radius 1 is 1.18 bits per heavy atom. The molecule has 0 radical (unpaired) electrons. The summed E-state index contributed by atoms with van der Waals surface area (Å²) >= 11 is 0. The van der Waals surface area contributed by atoms with Crippen LogP contribution in [0.3, 0.4) is 0 Å². The van der Waals surface area contributed by atoms with E-state index in [-0.39, 0.29) is 5.91 Å². The molecular weight excluding hydrogens is 278 g/mol. The minimum absolute atomic E-state index is 0.117. The third-order valence-corrected chi connectivity index (χ3v) is 5.02. The minimum Gasteiger partial charge on any atom is -0.466 e. The first-order valence-electron chi connectivity index (χ1n) is 8.30. The molecule has 0 N–H and O–H groups in total. The van der Waals surface area contributed by atoms with Gasteiger partial charge in [0.2, 0.25) is 0 Å². The fourth-order valence-corrected chi connectivity index (χ4v) is 3.48. The van der Waals surface area contributed by atoms with Crippen LogP contribution in [0.5, 0.6) is 0 Å². The van der Waals surface area contributed by atoms with E-state index in [9.17, 15) is 4.79 Å². The van der Waals surface area contributed by atoms with Gasteiger partial charge in [-0.3, -0.25) is 14.6 Å². The van der Waals surface area contributed by atoms with E-state index in [2.05, 4.69) is 23.6 Å². The molecule has 0 unspecified atom stereocenters. The van der Waals surface area contributed by atoms with Gasteiger partial charge in [0, 0.05) is 51.4 Å². The lowest BCUT2D eigenvalue weighted by Gasteiger charge is -2.48. The Morgan fingerprint density at radius 3 is 2.32 bits per heavy atom. The summed E-state index contributed by atoms with van der Waals surface area (Å²) < 4.78 is 5.47. The normalized spacial score (nSPS) is 21.4. The third kappa shape index (κ3) is 2.92. The van der Waals surface area contributed by atoms with Crippen LogP contribution in [0, 0.1) is 13.8 Å². The molecule has 1 aromatic heterocycles. The molecule has 5 nitrogen and oxygen atoms in total. The zero-order valence-electron chi connectivity index (χ0n) is 14.1. The smallest absolute Gasteiger partial charge is 0.257 e. The van der Waals surface area contributed by atoms with E-state index in [0.29, 0.717) is 12.1 Å². The summed E-state index contributed by atoms with van der Waals surface area (Å²) in [6.07, 6.45) is 0. The fourth-order valence-electron chi connectivity index (χ4n) is 3.48. The Hall–Kier alpha value is -1.33. The van der Waals surface area contributed by atoms with Crippen molar-refractivity contribution in [3.63, 3.8) is 0 Å². The maximum Gasteiger partial charge on any atom is 0.257 e. The SMILES string of the molecule is Cc1cc(C(=O)N2CC(N3CCN(C(C)C)CC3)C2)c(C)o1. The number of nitrogens with zero attached hydrogens (tertiary/aromatic N) is 3. The molecule has 22 heavy (non-hydrogen) atoms. The zero-order valence-corrected chi connectivity index (χ0v) is 14.1. The van der Waals surface area contributed by atoms with Crippen molar-refractivity contribution in [1.29, 1.82) is 0 Å². The monoisotopic (exact) mass is 305 g/mol. The number of piperazine rings is 1. The second-order valence-electron chi connectivity index (χ2n) is 6.86. The highest BCUT2D eigenvalue weighted by molar-refractivity contribution is 5.95. The van der Waals surface area contributed by atoms with E-state index in [0.717, 1.165) is 56.4 Å². The highest BCUT2D eigenvalue weighted by atomic mass is 16.3. The molecule has 3 rings (SSSR count). The van der Waals surface area contributed by atoms with Gasteiger partial charge in [0.1, 0.15) is 11.5 Å². The Morgan fingerprint density at radius 2 is 1.82 bits per heavy atom. The van der Waals surface area contributed by atoms with Crippen molar-refractivity contribution in [3.05, 3.63) is 23.2 Å². The second-order valence-corrected chi connectivity index (χ2v) is 6.86. The van der Waals surface area contributed by atoms with E-state index in [4.69, 9.17) is 4.42 Å². The number of rotatable bonds is 3. The fraction of sp³-hybridized carbons (Fsp3) is 0.706. The van der Waals surface area contributed by atoms with Gasteiger partial charge in [-0.1, -0.05) is 0 Å². The van der Waals surface area contributed by atoms with Gasteiger partial charge < -0.3 is 9.32 Å². The van der Waals surface area contributed by atoms with E-state index < -0.39 is 0 Å². The lowest BCUT2D eigenvalue weighted by molar-refractivity contribution is 0.00309. The van der Waals surface area contributed by atoms with Gasteiger partial charge in [-0.05, 0) is 33.8 Å². The number of likely N-dealkylation sites (tertiary alicyclic amines) is 1. The summed E-state index contributed by atoms with van der Waals surface area (Å²) in [6.45, 7) is 14.5. The molecule has 3 heterocycles. The molecule has 5 heteroatoms. The Kier molecular flexibility index (Phi) is 4.28. The number of carbonyl (C=O) groups excluding carboxylic acids is 1. The van der Waals surface area contributed by atoms with Crippen molar-refractivity contribution in [2.24, 2.45) is 0 Å². The van der Waals surface area contributed by atoms with Crippen molar-refractivity contribution in [1.82, 2.24) is 14.7 Å². The van der Waals surface area contributed by atoms with Crippen molar-refractivity contribution in [2.45, 2.75) is 39.8 Å². The molecule has 2 fully saturated rings. The summed E-state index contributed by atoms with van der Waals surface area (Å²) in [5.41, 5.74) is 0.723. The van der Waals surface area contributed by atoms with E-state index in [1.165, 1.54) is 0 Å². The van der Waals surface area contributed by atoms with Crippen molar-refractivity contribution >= 4 is 5.91 Å². The van der Waals surface area contributed by atoms with Crippen LogP contribution in [0.25, 0.3) is 0 Å². The van der Waals surface area contributed by atoms with Gasteiger partial charge in [-0.15, -0.1) is 0 Å². The van der Waals surface area contributed by atoms with Gasteiger partial charge in [-0.2, -0.15) is 0 Å². The maximum atomic E-state index is 12.5. The predicted molar refractivity (Wildman–Crippen MR) is 86.2 cm³/mol. The number of hydrogen-bond donors (Lipinski definition) is 0. The van der Waals surface area contributed by atoms with Crippen LogP contribution >= 0.6 is 0 Å². The van der Waals surface area contributed by atoms with Gasteiger partial charge >= 0.3 is 0 Å². The number of aryl methyl sites for hydroxylation is 2. The highest BCUT2D eigenvalue weighted by Crippen LogP contribution is 2.22. The van der Waals surface area contributed by atoms with E-state index >= 15 is 0 Å². The summed E-state index contributed by atoms with van der Waals surface area (Å²) in [5.74, 6) is 1.66. The van der Waals surface area contributed by atoms with Crippen LogP contribution in [0.2, 0.25) is 0 Å². The first-order valence-corrected chi connectivity index (χ1v) is 8.30. The van der Waals surface area contributed by atoms with Crippen LogP contribution in [0.1, 0.15) is 35.7 Å². The highest BCUT2D eigenvalue weighted by Gasteiger charge is 2.37. The quantitative estimate of drug-likeness (QED) is 0.853. The molecule has 2 aliphatic rings. The minimum atomic E-state index is 0.117. The van der Waals surface area contributed by atoms with Crippen LogP contribution in [0.15, 0.2) is 10.5 Å². The average molecular weight is 305 g/mol. The number of hydrogen-bond acceptors (Lipinski definition) is 4. The molecule has 0 spiro atoms. The molecule has 0 saturated carbocycles.